The van der Waals surface area contributed by atoms with Gasteiger partial charge in [0.1, 0.15) is 23.5 Å². The molecule has 4 rings (SSSR count). The fourth-order valence-electron chi connectivity index (χ4n) is 5.01. The van der Waals surface area contributed by atoms with E-state index in [9.17, 15) is 22.8 Å². The second-order valence-corrected chi connectivity index (χ2v) is 12.1. The van der Waals surface area contributed by atoms with Crippen molar-refractivity contribution in [3.05, 3.63) is 63.7 Å². The first kappa shape index (κ1) is 33.7. The summed E-state index contributed by atoms with van der Waals surface area (Å²) < 4.78 is 64.2. The number of carbonyl (C=O) groups is 1. The predicted molar refractivity (Wildman–Crippen MR) is 157 cm³/mol. The molecule has 1 N–H and O–H groups in total. The molecule has 1 aliphatic heterocycles. The maximum Gasteiger partial charge on any atom is 0.423 e. The second-order valence-electron chi connectivity index (χ2n) is 12.1. The van der Waals surface area contributed by atoms with Crippen LogP contribution in [0.15, 0.2) is 39.8 Å². The summed E-state index contributed by atoms with van der Waals surface area (Å²) in [7, 11) is 1.50. The number of hydrogen-bond acceptors (Lipinski definition) is 10. The van der Waals surface area contributed by atoms with E-state index in [-0.39, 0.29) is 43.7 Å². The molecule has 0 bridgehead atoms. The van der Waals surface area contributed by atoms with E-state index in [0.717, 1.165) is 10.9 Å². The Bertz CT molecular complexity index is 1500. The van der Waals surface area contributed by atoms with E-state index >= 15 is 0 Å². The molecule has 3 aromatic rings. The van der Waals surface area contributed by atoms with E-state index < -0.39 is 34.6 Å². The average molecular weight is 637 g/mol. The first-order valence-corrected chi connectivity index (χ1v) is 14.6. The molecule has 3 unspecified atom stereocenters. The lowest BCUT2D eigenvalue weighted by atomic mass is 9.91. The van der Waals surface area contributed by atoms with Gasteiger partial charge in [-0.2, -0.15) is 23.3 Å². The number of benzene rings is 1. The zero-order valence-electron chi connectivity index (χ0n) is 26.2. The highest BCUT2D eigenvalue weighted by atomic mass is 19.4. The van der Waals surface area contributed by atoms with Gasteiger partial charge in [0.15, 0.2) is 5.82 Å². The lowest BCUT2D eigenvalue weighted by molar-refractivity contribution is -0.138. The molecule has 12 nitrogen and oxygen atoms in total. The summed E-state index contributed by atoms with van der Waals surface area (Å²) in [6, 6.07) is 5.89. The van der Waals surface area contributed by atoms with Gasteiger partial charge in [0.25, 0.3) is 11.4 Å². The molecule has 45 heavy (non-hydrogen) atoms. The van der Waals surface area contributed by atoms with E-state index in [1.807, 2.05) is 27.7 Å². The molecule has 3 heterocycles. The van der Waals surface area contributed by atoms with Gasteiger partial charge in [0, 0.05) is 24.5 Å². The topological polar surface area (TPSA) is 134 Å². The molecular formula is C30H39F3N6O6. The van der Waals surface area contributed by atoms with Crippen molar-refractivity contribution >= 4 is 11.8 Å². The second kappa shape index (κ2) is 13.9. The molecule has 15 heteroatoms. The minimum atomic E-state index is -4.91. The Labute approximate surface area is 258 Å². The molecule has 3 atom stereocenters. The van der Waals surface area contributed by atoms with E-state index in [2.05, 4.69) is 20.6 Å². The van der Waals surface area contributed by atoms with Crippen LogP contribution in [-0.4, -0.2) is 68.9 Å². The van der Waals surface area contributed by atoms with E-state index in [0.29, 0.717) is 36.5 Å². The van der Waals surface area contributed by atoms with E-state index in [1.54, 1.807) is 36.1 Å². The van der Waals surface area contributed by atoms with Crippen LogP contribution in [0.25, 0.3) is 0 Å². The van der Waals surface area contributed by atoms with Crippen LogP contribution in [0.2, 0.25) is 0 Å². The molecule has 1 saturated heterocycles. The number of amides is 1. The smallest absolute Gasteiger partial charge is 0.423 e. The van der Waals surface area contributed by atoms with E-state index in [4.69, 9.17) is 18.7 Å². The Kier molecular flexibility index (Phi) is 10.4. The third-order valence-corrected chi connectivity index (χ3v) is 7.17. The van der Waals surface area contributed by atoms with Crippen molar-refractivity contribution in [2.45, 2.75) is 90.4 Å². The summed E-state index contributed by atoms with van der Waals surface area (Å²) in [6.07, 6.45) is -3.01. The number of nitrogens with zero attached hydrogens (tertiary/aromatic N) is 5. The van der Waals surface area contributed by atoms with Crippen LogP contribution in [0.4, 0.5) is 23.7 Å². The molecule has 0 saturated carbocycles. The van der Waals surface area contributed by atoms with Gasteiger partial charge in [-0.3, -0.25) is 4.79 Å². The number of alkyl halides is 3. The number of ether oxygens (including phenoxy) is 3. The maximum atomic E-state index is 14.0. The number of aromatic nitrogens is 4. The Hall–Kier alpha value is -4.14. The summed E-state index contributed by atoms with van der Waals surface area (Å²) >= 11 is 0. The monoisotopic (exact) mass is 636 g/mol. The molecular weight excluding hydrogens is 597 g/mol. The van der Waals surface area contributed by atoms with Crippen molar-refractivity contribution in [2.75, 3.05) is 25.6 Å². The number of carbonyl (C=O) groups excluding carboxylic acids is 1. The molecule has 0 aliphatic carbocycles. The van der Waals surface area contributed by atoms with Crippen molar-refractivity contribution in [2.24, 2.45) is 0 Å². The third-order valence-electron chi connectivity index (χ3n) is 7.17. The zero-order chi connectivity index (χ0) is 32.9. The number of halogens is 3. The number of likely N-dealkylation sites (tertiary alicyclic amines) is 1. The van der Waals surface area contributed by atoms with Crippen molar-refractivity contribution < 1.29 is 36.7 Å². The Morgan fingerprint density at radius 3 is 2.53 bits per heavy atom. The number of anilines is 1. The summed E-state index contributed by atoms with van der Waals surface area (Å²) in [5.41, 5.74) is -3.04. The van der Waals surface area contributed by atoms with Crippen molar-refractivity contribution in [1.29, 1.82) is 0 Å². The van der Waals surface area contributed by atoms with Gasteiger partial charge >= 0.3 is 12.3 Å². The van der Waals surface area contributed by atoms with Gasteiger partial charge < -0.3 is 29.0 Å². The zero-order valence-corrected chi connectivity index (χ0v) is 26.2. The van der Waals surface area contributed by atoms with Crippen molar-refractivity contribution in [1.82, 2.24) is 24.8 Å². The lowest BCUT2D eigenvalue weighted by Gasteiger charge is -2.37. The van der Waals surface area contributed by atoms with Crippen LogP contribution in [0.5, 0.6) is 5.75 Å². The van der Waals surface area contributed by atoms with Gasteiger partial charge in [0.2, 0.25) is 0 Å². The summed E-state index contributed by atoms with van der Waals surface area (Å²) in [6.45, 7) is 9.30. The Balaban J connectivity index is 1.31. The normalized spacial score (nSPS) is 18.0. The van der Waals surface area contributed by atoms with E-state index in [1.165, 1.54) is 7.11 Å². The fourth-order valence-corrected chi connectivity index (χ4v) is 5.01. The third kappa shape index (κ3) is 8.96. The SMILES string of the molecule is COc1ccc(Cn2ncc(NC(C)COCc3nc(C4CCN(C(=O)OC(C)(C)C)C(C)C4)no3)c(C(F)(F)F)c2=O)cc1. The summed E-state index contributed by atoms with van der Waals surface area (Å²) in [4.78, 5) is 31.5. The van der Waals surface area contributed by atoms with Crippen LogP contribution in [0.1, 0.15) is 76.2 Å². The standard InChI is InChI=1S/C30H39F3N6O6/c1-18(35-23-14-34-39(27(40)25(23)30(31,32)33)15-20-7-9-22(42-6)10-8-20)16-43-17-24-36-26(37-45-24)21-11-12-38(19(2)13-21)28(41)44-29(3,4)5/h7-10,14,18-19,21,35H,11-13,15-17H2,1-6H3. The van der Waals surface area contributed by atoms with Crippen molar-refractivity contribution in [3.63, 3.8) is 0 Å². The largest absolute Gasteiger partial charge is 0.497 e. The first-order chi connectivity index (χ1) is 21.1. The van der Waals surface area contributed by atoms with Gasteiger partial charge in [0.05, 0.1) is 32.1 Å². The summed E-state index contributed by atoms with van der Waals surface area (Å²) in [5.74, 6) is 1.29. The van der Waals surface area contributed by atoms with Gasteiger partial charge in [-0.25, -0.2) is 9.48 Å². The minimum Gasteiger partial charge on any atom is -0.497 e. The van der Waals surface area contributed by atoms with Gasteiger partial charge in [-0.05, 0) is 65.2 Å². The number of rotatable bonds is 10. The highest BCUT2D eigenvalue weighted by Gasteiger charge is 2.39. The molecule has 1 amide bonds. The quantitative estimate of drug-likeness (QED) is 0.316. The highest BCUT2D eigenvalue weighted by Crippen LogP contribution is 2.33. The van der Waals surface area contributed by atoms with Crippen LogP contribution < -0.4 is 15.6 Å². The first-order valence-electron chi connectivity index (χ1n) is 14.6. The average Bonchev–Trinajstić information content (AvgIpc) is 3.42. The molecule has 1 aliphatic rings. The molecule has 246 valence electrons. The lowest BCUT2D eigenvalue weighted by Crippen LogP contribution is -2.46. The van der Waals surface area contributed by atoms with Gasteiger partial charge in [-0.1, -0.05) is 17.3 Å². The summed E-state index contributed by atoms with van der Waals surface area (Å²) in [5, 5.41) is 10.7. The number of methoxy groups -OCH3 is 1. The predicted octanol–water partition coefficient (Wildman–Crippen LogP) is 5.22. The van der Waals surface area contributed by atoms with Crippen LogP contribution in [-0.2, 0) is 28.8 Å². The van der Waals surface area contributed by atoms with Crippen molar-refractivity contribution in [3.8, 4) is 5.75 Å². The fraction of sp³-hybridized carbons (Fsp3) is 0.567. The minimum absolute atomic E-state index is 0.0167. The van der Waals surface area contributed by atoms with Crippen LogP contribution >= 0.6 is 0 Å². The molecule has 0 radical (unpaired) electrons. The maximum absolute atomic E-state index is 14.0. The van der Waals surface area contributed by atoms with Crippen LogP contribution in [0.3, 0.4) is 0 Å². The molecule has 1 aromatic carbocycles. The Morgan fingerprint density at radius 2 is 1.91 bits per heavy atom. The number of hydrogen-bond donors (Lipinski definition) is 1. The highest BCUT2D eigenvalue weighted by molar-refractivity contribution is 5.68. The molecule has 0 spiro atoms. The molecule has 2 aromatic heterocycles. The Morgan fingerprint density at radius 1 is 1.20 bits per heavy atom. The molecule has 1 fully saturated rings. The number of nitrogens with one attached hydrogen (secondary N) is 1. The van der Waals surface area contributed by atoms with Crippen LogP contribution in [0, 0.1) is 0 Å². The number of piperidine rings is 1. The van der Waals surface area contributed by atoms with Gasteiger partial charge in [-0.15, -0.1) is 0 Å².